The Balaban J connectivity index is 1.91. The number of hydrogen-bond donors (Lipinski definition) is 2. The second-order valence-corrected chi connectivity index (χ2v) is 8.44. The molecule has 0 fully saturated rings. The smallest absolute Gasteiger partial charge is 0.167 e. The second-order valence-electron chi connectivity index (χ2n) is 7.66. The number of carbonyl (C=O) groups excluding carboxylic acids is 1. The molecule has 3 aromatic rings. The van der Waals surface area contributed by atoms with Crippen molar-refractivity contribution in [2.45, 2.75) is 26.7 Å². The molecule has 0 saturated heterocycles. The van der Waals surface area contributed by atoms with Gasteiger partial charge >= 0.3 is 0 Å². The number of H-pyrrole nitrogens is 1. The predicted octanol–water partition coefficient (Wildman–Crippen LogP) is 6.28. The molecule has 0 unspecified atom stereocenters. The quantitative estimate of drug-likeness (QED) is 0.509. The Morgan fingerprint density at radius 2 is 1.74 bits per heavy atom. The molecule has 0 saturated carbocycles. The van der Waals surface area contributed by atoms with E-state index < -0.39 is 0 Å². The topological polar surface area (TPSA) is 57.8 Å². The van der Waals surface area contributed by atoms with E-state index in [4.69, 9.17) is 23.2 Å². The monoisotopic (exact) mass is 399 g/mol. The highest BCUT2D eigenvalue weighted by atomic mass is 35.5. The molecule has 4 nitrogen and oxygen atoms in total. The molecule has 2 aromatic heterocycles. The molecule has 1 aliphatic carbocycles. The molecule has 138 valence electrons. The molecule has 0 aliphatic heterocycles. The average Bonchev–Trinajstić information content (AvgIpc) is 2.92. The van der Waals surface area contributed by atoms with Gasteiger partial charge in [-0.2, -0.15) is 0 Å². The summed E-state index contributed by atoms with van der Waals surface area (Å²) in [5.74, 6) is 0.133. The summed E-state index contributed by atoms with van der Waals surface area (Å²) in [5, 5.41) is 4.03. The van der Waals surface area contributed by atoms with E-state index in [0.717, 1.165) is 40.3 Å². The molecule has 27 heavy (non-hydrogen) atoms. The lowest BCUT2D eigenvalue weighted by Gasteiger charge is -2.28. The van der Waals surface area contributed by atoms with Crippen molar-refractivity contribution >= 4 is 40.4 Å². The van der Waals surface area contributed by atoms with Gasteiger partial charge in [0.15, 0.2) is 5.78 Å². The van der Waals surface area contributed by atoms with Crippen molar-refractivity contribution in [1.82, 2.24) is 9.97 Å². The number of rotatable bonds is 3. The summed E-state index contributed by atoms with van der Waals surface area (Å²) in [6.45, 7) is 4.22. The minimum atomic E-state index is -0.0796. The van der Waals surface area contributed by atoms with E-state index in [0.29, 0.717) is 16.7 Å². The molecule has 2 heterocycles. The first-order valence-electron chi connectivity index (χ1n) is 8.76. The number of carbonyl (C=O) groups is 1. The van der Waals surface area contributed by atoms with Crippen molar-refractivity contribution < 1.29 is 4.79 Å². The van der Waals surface area contributed by atoms with E-state index in [1.54, 1.807) is 12.1 Å². The van der Waals surface area contributed by atoms with Crippen LogP contribution in [0.25, 0.3) is 11.3 Å². The number of Topliss-reactive ketones (excluding diaryl/α,β-unsaturated/α-hetero) is 1. The fraction of sp³-hybridized carbons (Fsp3) is 0.238. The van der Waals surface area contributed by atoms with Crippen molar-refractivity contribution in [3.8, 4) is 11.3 Å². The molecule has 2 N–H and O–H groups in total. The molecule has 0 atom stereocenters. The molecule has 6 heteroatoms. The van der Waals surface area contributed by atoms with Gasteiger partial charge in [-0.05, 0) is 36.1 Å². The maximum absolute atomic E-state index is 13.0. The number of para-hydroxylation sites is 1. The molecule has 1 aliphatic rings. The van der Waals surface area contributed by atoms with E-state index in [-0.39, 0.29) is 11.2 Å². The maximum atomic E-state index is 13.0. The Labute approximate surface area is 167 Å². The summed E-state index contributed by atoms with van der Waals surface area (Å²) < 4.78 is 0. The Bertz CT molecular complexity index is 1010. The first kappa shape index (κ1) is 18.1. The van der Waals surface area contributed by atoms with Crippen molar-refractivity contribution in [3.63, 3.8) is 0 Å². The third kappa shape index (κ3) is 3.60. The molecule has 1 aromatic carbocycles. The number of hydrogen-bond acceptors (Lipinski definition) is 3. The van der Waals surface area contributed by atoms with Crippen LogP contribution in [-0.4, -0.2) is 15.8 Å². The number of pyridine rings is 1. The van der Waals surface area contributed by atoms with Crippen molar-refractivity contribution in [2.24, 2.45) is 5.41 Å². The molecular weight excluding hydrogens is 381 g/mol. The van der Waals surface area contributed by atoms with Gasteiger partial charge in [0.2, 0.25) is 0 Å². The zero-order valence-electron chi connectivity index (χ0n) is 15.1. The van der Waals surface area contributed by atoms with E-state index in [1.165, 1.54) is 0 Å². The third-order valence-electron chi connectivity index (χ3n) is 4.75. The van der Waals surface area contributed by atoms with E-state index >= 15 is 0 Å². The van der Waals surface area contributed by atoms with Gasteiger partial charge in [0.1, 0.15) is 10.3 Å². The number of halogens is 2. The summed E-state index contributed by atoms with van der Waals surface area (Å²) >= 11 is 12.2. The number of anilines is 2. The van der Waals surface area contributed by atoms with Crippen LogP contribution in [0.15, 0.2) is 42.5 Å². The minimum Gasteiger partial charge on any atom is -0.356 e. The van der Waals surface area contributed by atoms with Crippen LogP contribution in [0.4, 0.5) is 11.4 Å². The van der Waals surface area contributed by atoms with Crippen LogP contribution in [0.2, 0.25) is 10.3 Å². The Kier molecular flexibility index (Phi) is 4.49. The summed E-state index contributed by atoms with van der Waals surface area (Å²) in [5.41, 5.74) is 4.83. The summed E-state index contributed by atoms with van der Waals surface area (Å²) in [7, 11) is 0. The molecular formula is C21H19Cl2N3O. The predicted molar refractivity (Wildman–Crippen MR) is 110 cm³/mol. The van der Waals surface area contributed by atoms with Gasteiger partial charge < -0.3 is 10.3 Å². The van der Waals surface area contributed by atoms with Crippen molar-refractivity contribution in [1.29, 1.82) is 0 Å². The van der Waals surface area contributed by atoms with Gasteiger partial charge in [-0.15, -0.1) is 0 Å². The number of nitrogens with zero attached hydrogens (tertiary/aromatic N) is 1. The minimum absolute atomic E-state index is 0.0796. The summed E-state index contributed by atoms with van der Waals surface area (Å²) in [6.07, 6.45) is 1.31. The van der Waals surface area contributed by atoms with Gasteiger partial charge in [0.25, 0.3) is 0 Å². The largest absolute Gasteiger partial charge is 0.356 e. The van der Waals surface area contributed by atoms with Gasteiger partial charge in [0.05, 0.1) is 16.9 Å². The summed E-state index contributed by atoms with van der Waals surface area (Å²) in [4.78, 5) is 20.4. The van der Waals surface area contributed by atoms with Crippen LogP contribution in [-0.2, 0) is 6.42 Å². The maximum Gasteiger partial charge on any atom is 0.167 e. The van der Waals surface area contributed by atoms with E-state index in [9.17, 15) is 4.79 Å². The van der Waals surface area contributed by atoms with E-state index in [2.05, 4.69) is 29.1 Å². The molecule has 4 rings (SSSR count). The van der Waals surface area contributed by atoms with Crippen LogP contribution in [0.1, 0.15) is 36.3 Å². The number of fused-ring (bicyclic) bond motifs is 1. The second kappa shape index (κ2) is 6.70. The SMILES string of the molecule is CC1(C)CC(=O)c2c([nH]c(-c3cc(Cl)nc(Cl)c3)c2Nc2ccccc2)C1. The van der Waals surface area contributed by atoms with Crippen LogP contribution >= 0.6 is 23.2 Å². The lowest BCUT2D eigenvalue weighted by molar-refractivity contribution is 0.0912. The zero-order chi connectivity index (χ0) is 19.2. The molecule has 0 bridgehead atoms. The number of aromatic nitrogens is 2. The van der Waals surface area contributed by atoms with E-state index in [1.807, 2.05) is 30.3 Å². The van der Waals surface area contributed by atoms with Gasteiger partial charge in [0, 0.05) is 23.4 Å². The zero-order valence-corrected chi connectivity index (χ0v) is 16.6. The Hall–Kier alpha value is -2.30. The highest BCUT2D eigenvalue weighted by molar-refractivity contribution is 6.33. The van der Waals surface area contributed by atoms with Crippen LogP contribution in [0.5, 0.6) is 0 Å². The molecule has 0 amide bonds. The lowest BCUT2D eigenvalue weighted by Crippen LogP contribution is -2.26. The Morgan fingerprint density at radius 3 is 2.41 bits per heavy atom. The third-order valence-corrected chi connectivity index (χ3v) is 5.13. The van der Waals surface area contributed by atoms with Gasteiger partial charge in [-0.3, -0.25) is 4.79 Å². The molecule has 0 radical (unpaired) electrons. The fourth-order valence-corrected chi connectivity index (χ4v) is 4.13. The standard InChI is InChI=1S/C21H19Cl2N3O/c1-21(2)10-14-18(15(27)11-21)20(24-13-6-4-3-5-7-13)19(25-14)12-8-16(22)26-17(23)9-12/h3-9,24-25H,10-11H2,1-2H3. The number of nitrogens with one attached hydrogen (secondary N) is 2. The highest BCUT2D eigenvalue weighted by Crippen LogP contribution is 2.43. The van der Waals surface area contributed by atoms with Crippen LogP contribution in [0, 0.1) is 5.41 Å². The first-order chi connectivity index (χ1) is 12.8. The molecule has 0 spiro atoms. The van der Waals surface area contributed by atoms with Gasteiger partial charge in [-0.25, -0.2) is 4.98 Å². The van der Waals surface area contributed by atoms with Crippen LogP contribution < -0.4 is 5.32 Å². The number of ketones is 1. The van der Waals surface area contributed by atoms with Crippen LogP contribution in [0.3, 0.4) is 0 Å². The first-order valence-corrected chi connectivity index (χ1v) is 9.51. The number of aromatic amines is 1. The van der Waals surface area contributed by atoms with Crippen molar-refractivity contribution in [3.05, 3.63) is 64.0 Å². The normalized spacial score (nSPS) is 15.5. The summed E-state index contributed by atoms with van der Waals surface area (Å²) in [6, 6.07) is 13.3. The van der Waals surface area contributed by atoms with Gasteiger partial charge in [-0.1, -0.05) is 55.2 Å². The van der Waals surface area contributed by atoms with Crippen molar-refractivity contribution in [2.75, 3.05) is 5.32 Å². The fourth-order valence-electron chi connectivity index (χ4n) is 3.67. The number of benzene rings is 1. The lowest BCUT2D eigenvalue weighted by atomic mass is 9.76. The Morgan fingerprint density at radius 1 is 1.07 bits per heavy atom. The highest BCUT2D eigenvalue weighted by Gasteiger charge is 2.35. The average molecular weight is 400 g/mol.